The molecule has 5 amide bonds. The SMILES string of the molecule is CC[C@H](C)[C@H](NC(=O)[C@H](CCC(=O)O)NC(=O)[C@@H]1CCCN1C(=O)[C@@H]1CCCN1)C(=O)N[C@@H](CC(N)=O)C(=O)O. The van der Waals surface area contributed by atoms with Gasteiger partial charge < -0.3 is 42.1 Å². The molecule has 15 heteroatoms. The first-order valence-electron chi connectivity index (χ1n) is 13.5. The van der Waals surface area contributed by atoms with Crippen LogP contribution in [0.25, 0.3) is 0 Å². The van der Waals surface area contributed by atoms with Gasteiger partial charge in [0.2, 0.25) is 29.5 Å². The molecule has 0 bridgehead atoms. The van der Waals surface area contributed by atoms with Crippen LogP contribution < -0.4 is 27.0 Å². The fraction of sp³-hybridized carbons (Fsp3) is 0.720. The Hall–Kier alpha value is -3.75. The Morgan fingerprint density at radius 1 is 0.975 bits per heavy atom. The van der Waals surface area contributed by atoms with Gasteiger partial charge in [-0.25, -0.2) is 4.79 Å². The molecule has 0 aliphatic carbocycles. The summed E-state index contributed by atoms with van der Waals surface area (Å²) in [6, 6.07) is -5.41. The molecule has 224 valence electrons. The highest BCUT2D eigenvalue weighted by atomic mass is 16.4. The summed E-state index contributed by atoms with van der Waals surface area (Å²) < 4.78 is 0. The number of nitrogens with zero attached hydrogens (tertiary/aromatic N) is 1. The second kappa shape index (κ2) is 15.1. The maximum absolute atomic E-state index is 13.3. The molecular weight excluding hydrogens is 528 g/mol. The zero-order valence-corrected chi connectivity index (χ0v) is 22.8. The Labute approximate surface area is 232 Å². The maximum atomic E-state index is 13.3. The lowest BCUT2D eigenvalue weighted by Crippen LogP contribution is -2.59. The van der Waals surface area contributed by atoms with Gasteiger partial charge >= 0.3 is 11.9 Å². The van der Waals surface area contributed by atoms with Crippen LogP contribution in [0.4, 0.5) is 0 Å². The summed E-state index contributed by atoms with van der Waals surface area (Å²) in [6.07, 6.45) is 1.47. The Morgan fingerprint density at radius 2 is 1.68 bits per heavy atom. The molecule has 15 nitrogen and oxygen atoms in total. The average molecular weight is 569 g/mol. The predicted octanol–water partition coefficient (Wildman–Crippen LogP) is -1.95. The summed E-state index contributed by atoms with van der Waals surface area (Å²) in [5, 5.41) is 28.9. The third-order valence-electron chi connectivity index (χ3n) is 7.29. The van der Waals surface area contributed by atoms with Gasteiger partial charge in [0.15, 0.2) is 0 Å². The van der Waals surface area contributed by atoms with Crippen molar-refractivity contribution in [1.82, 2.24) is 26.2 Å². The van der Waals surface area contributed by atoms with Crippen LogP contribution in [0.2, 0.25) is 0 Å². The van der Waals surface area contributed by atoms with E-state index in [9.17, 15) is 43.8 Å². The van der Waals surface area contributed by atoms with Gasteiger partial charge in [0, 0.05) is 13.0 Å². The van der Waals surface area contributed by atoms with Crippen LogP contribution in [-0.2, 0) is 33.6 Å². The molecule has 0 saturated carbocycles. The minimum absolute atomic E-state index is 0.195. The molecule has 0 radical (unpaired) electrons. The van der Waals surface area contributed by atoms with Crippen molar-refractivity contribution in [3.05, 3.63) is 0 Å². The lowest BCUT2D eigenvalue weighted by Gasteiger charge is -2.30. The fourth-order valence-electron chi connectivity index (χ4n) is 4.82. The molecule has 40 heavy (non-hydrogen) atoms. The molecule has 0 aromatic carbocycles. The highest BCUT2D eigenvalue weighted by Gasteiger charge is 2.39. The van der Waals surface area contributed by atoms with Crippen molar-refractivity contribution in [2.75, 3.05) is 13.1 Å². The summed E-state index contributed by atoms with van der Waals surface area (Å²) in [4.78, 5) is 87.8. The lowest BCUT2D eigenvalue weighted by molar-refractivity contribution is -0.144. The van der Waals surface area contributed by atoms with Crippen molar-refractivity contribution in [2.24, 2.45) is 11.7 Å². The number of carboxylic acids is 2. The molecule has 0 aromatic rings. The Balaban J connectivity index is 2.18. The number of aliphatic carboxylic acids is 2. The van der Waals surface area contributed by atoms with Crippen LogP contribution in [0.15, 0.2) is 0 Å². The van der Waals surface area contributed by atoms with Crippen molar-refractivity contribution < 1.29 is 43.8 Å². The van der Waals surface area contributed by atoms with Gasteiger partial charge in [-0.15, -0.1) is 0 Å². The molecule has 2 fully saturated rings. The second-order valence-corrected chi connectivity index (χ2v) is 10.3. The fourth-order valence-corrected chi connectivity index (χ4v) is 4.82. The standard InChI is InChI=1S/C25H40N6O9/c1-3-13(2)20(23(37)29-16(25(39)40)12-18(26)32)30-21(35)14(8-9-19(33)34)28-22(36)17-7-5-11-31(17)24(38)15-6-4-10-27-15/h13-17,20,27H,3-12H2,1-2H3,(H2,26,32)(H,28,36)(H,29,37)(H,30,35)(H,33,34)(H,39,40)/t13-,14-,15-,16-,17-,20-/m0/s1. The van der Waals surface area contributed by atoms with E-state index in [0.717, 1.165) is 6.42 Å². The number of amides is 5. The van der Waals surface area contributed by atoms with E-state index in [0.29, 0.717) is 38.8 Å². The first-order chi connectivity index (χ1) is 18.8. The third kappa shape index (κ3) is 9.17. The molecule has 0 unspecified atom stereocenters. The van der Waals surface area contributed by atoms with Gasteiger partial charge in [-0.2, -0.15) is 0 Å². The van der Waals surface area contributed by atoms with E-state index >= 15 is 0 Å². The number of nitrogens with two attached hydrogens (primary N) is 1. The first-order valence-corrected chi connectivity index (χ1v) is 13.5. The number of rotatable bonds is 15. The van der Waals surface area contributed by atoms with E-state index in [1.54, 1.807) is 13.8 Å². The first kappa shape index (κ1) is 32.5. The van der Waals surface area contributed by atoms with Crippen molar-refractivity contribution in [1.29, 1.82) is 0 Å². The zero-order chi connectivity index (χ0) is 30.0. The number of carbonyl (C=O) groups excluding carboxylic acids is 5. The van der Waals surface area contributed by atoms with E-state index in [-0.39, 0.29) is 18.4 Å². The van der Waals surface area contributed by atoms with Crippen molar-refractivity contribution >= 4 is 41.5 Å². The Kier molecular flexibility index (Phi) is 12.3. The quantitative estimate of drug-likeness (QED) is 0.115. The topological polar surface area (TPSA) is 237 Å². The smallest absolute Gasteiger partial charge is 0.326 e. The number of hydrogen-bond acceptors (Lipinski definition) is 8. The summed E-state index contributed by atoms with van der Waals surface area (Å²) >= 11 is 0. The van der Waals surface area contributed by atoms with Crippen LogP contribution in [0.1, 0.15) is 65.2 Å². The molecule has 0 aromatic heterocycles. The highest BCUT2D eigenvalue weighted by molar-refractivity contribution is 5.96. The summed E-state index contributed by atoms with van der Waals surface area (Å²) in [6.45, 7) is 4.47. The summed E-state index contributed by atoms with van der Waals surface area (Å²) in [7, 11) is 0. The molecule has 8 N–H and O–H groups in total. The zero-order valence-electron chi connectivity index (χ0n) is 22.8. The minimum atomic E-state index is -1.61. The molecule has 0 spiro atoms. The monoisotopic (exact) mass is 568 g/mol. The number of primary amides is 1. The number of likely N-dealkylation sites (tertiary alicyclic amines) is 1. The van der Waals surface area contributed by atoms with Gasteiger partial charge in [-0.1, -0.05) is 20.3 Å². The van der Waals surface area contributed by atoms with Crippen LogP contribution in [0.3, 0.4) is 0 Å². The van der Waals surface area contributed by atoms with Gasteiger partial charge in [-0.3, -0.25) is 28.8 Å². The summed E-state index contributed by atoms with van der Waals surface area (Å²) in [5.74, 6) is -6.66. The third-order valence-corrected chi connectivity index (χ3v) is 7.29. The van der Waals surface area contributed by atoms with E-state index in [2.05, 4.69) is 21.3 Å². The predicted molar refractivity (Wildman–Crippen MR) is 139 cm³/mol. The molecule has 2 aliphatic heterocycles. The van der Waals surface area contributed by atoms with E-state index in [1.165, 1.54) is 4.90 Å². The Bertz CT molecular complexity index is 984. The van der Waals surface area contributed by atoms with E-state index in [4.69, 9.17) is 5.73 Å². The molecule has 2 rings (SSSR count). The van der Waals surface area contributed by atoms with Crippen LogP contribution in [0, 0.1) is 5.92 Å². The lowest BCUT2D eigenvalue weighted by atomic mass is 9.97. The van der Waals surface area contributed by atoms with Gasteiger partial charge in [0.05, 0.1) is 12.5 Å². The number of carbonyl (C=O) groups is 7. The van der Waals surface area contributed by atoms with Crippen LogP contribution in [-0.4, -0.2) is 99.9 Å². The van der Waals surface area contributed by atoms with Crippen LogP contribution in [0.5, 0.6) is 0 Å². The van der Waals surface area contributed by atoms with Crippen molar-refractivity contribution in [3.8, 4) is 0 Å². The van der Waals surface area contributed by atoms with Gasteiger partial charge in [0.1, 0.15) is 24.2 Å². The maximum Gasteiger partial charge on any atom is 0.326 e. The molecule has 2 heterocycles. The highest BCUT2D eigenvalue weighted by Crippen LogP contribution is 2.21. The average Bonchev–Trinajstić information content (AvgIpc) is 3.60. The second-order valence-electron chi connectivity index (χ2n) is 10.3. The van der Waals surface area contributed by atoms with Crippen molar-refractivity contribution in [2.45, 2.75) is 95.4 Å². The molecule has 2 aliphatic rings. The van der Waals surface area contributed by atoms with Crippen LogP contribution >= 0.6 is 0 Å². The minimum Gasteiger partial charge on any atom is -0.481 e. The Morgan fingerprint density at radius 3 is 2.23 bits per heavy atom. The number of nitrogens with one attached hydrogen (secondary N) is 4. The number of hydrogen-bond donors (Lipinski definition) is 7. The van der Waals surface area contributed by atoms with Crippen molar-refractivity contribution in [3.63, 3.8) is 0 Å². The molecule has 6 atom stereocenters. The largest absolute Gasteiger partial charge is 0.481 e. The van der Waals surface area contributed by atoms with Gasteiger partial charge in [0.25, 0.3) is 0 Å². The van der Waals surface area contributed by atoms with E-state index < -0.39 is 78.5 Å². The molecule has 2 saturated heterocycles. The van der Waals surface area contributed by atoms with E-state index in [1.807, 2.05) is 0 Å². The van der Waals surface area contributed by atoms with Gasteiger partial charge in [-0.05, 0) is 44.6 Å². The summed E-state index contributed by atoms with van der Waals surface area (Å²) in [5.41, 5.74) is 5.07. The number of carboxylic acid groups (broad SMARTS) is 2. The molecular formula is C25H40N6O9. The normalized spacial score (nSPS) is 21.5.